The van der Waals surface area contributed by atoms with E-state index in [4.69, 9.17) is 9.15 Å². The predicted octanol–water partition coefficient (Wildman–Crippen LogP) is 3.52. The minimum Gasteiger partial charge on any atom is -0.461 e. The van der Waals surface area contributed by atoms with Gasteiger partial charge in [-0.15, -0.1) is 0 Å². The number of carbonyl (C=O) groups excluding carboxylic acids is 3. The van der Waals surface area contributed by atoms with Gasteiger partial charge in [0.2, 0.25) is 0 Å². The Morgan fingerprint density at radius 2 is 1.96 bits per heavy atom. The number of H-pyrrole nitrogens is 1. The van der Waals surface area contributed by atoms with E-state index in [0.29, 0.717) is 29.8 Å². The highest BCUT2D eigenvalue weighted by atomic mass is 16.5. The van der Waals surface area contributed by atoms with Crippen molar-refractivity contribution < 1.29 is 23.5 Å². The molecule has 7 nitrogen and oxygen atoms in total. The fourth-order valence-electron chi connectivity index (χ4n) is 3.13. The van der Waals surface area contributed by atoms with Crippen molar-refractivity contribution in [2.24, 2.45) is 0 Å². The Morgan fingerprint density at radius 1 is 1.26 bits per heavy atom. The summed E-state index contributed by atoms with van der Waals surface area (Å²) in [5.74, 6) is -0.871. The van der Waals surface area contributed by atoms with Crippen LogP contribution in [-0.2, 0) is 4.74 Å². The van der Waals surface area contributed by atoms with Gasteiger partial charge >= 0.3 is 5.97 Å². The number of furan rings is 1. The Hall–Kier alpha value is -2.83. The average molecular weight is 374 g/mol. The molecular weight excluding hydrogens is 348 g/mol. The normalized spacial score (nSPS) is 11.9. The van der Waals surface area contributed by atoms with E-state index in [1.54, 1.807) is 39.8 Å². The van der Waals surface area contributed by atoms with Crippen LogP contribution >= 0.6 is 0 Å². The lowest BCUT2D eigenvalue weighted by Crippen LogP contribution is -2.44. The Balaban J connectivity index is 2.34. The second-order valence-corrected chi connectivity index (χ2v) is 6.36. The van der Waals surface area contributed by atoms with E-state index in [2.05, 4.69) is 4.98 Å². The second-order valence-electron chi connectivity index (χ2n) is 6.36. The maximum atomic E-state index is 13.2. The molecule has 0 radical (unpaired) electrons. The van der Waals surface area contributed by atoms with Gasteiger partial charge in [0.25, 0.3) is 5.91 Å². The molecule has 1 N–H and O–H groups in total. The zero-order valence-electron chi connectivity index (χ0n) is 16.4. The largest absolute Gasteiger partial charge is 0.461 e. The molecule has 0 aliphatic carbocycles. The van der Waals surface area contributed by atoms with Crippen molar-refractivity contribution in [3.05, 3.63) is 46.7 Å². The summed E-state index contributed by atoms with van der Waals surface area (Å²) in [5.41, 5.74) is 1.79. The van der Waals surface area contributed by atoms with Crippen LogP contribution in [0.3, 0.4) is 0 Å². The first-order valence-corrected chi connectivity index (χ1v) is 9.08. The van der Waals surface area contributed by atoms with Crippen LogP contribution < -0.4 is 0 Å². The number of hydrogen-bond donors (Lipinski definition) is 1. The maximum Gasteiger partial charge on any atom is 0.355 e. The van der Waals surface area contributed by atoms with Crippen molar-refractivity contribution in [1.29, 1.82) is 0 Å². The minimum absolute atomic E-state index is 0.192. The number of ketones is 1. The molecule has 0 spiro atoms. The number of ether oxygens (including phenoxy) is 1. The molecule has 0 saturated carbocycles. The smallest absolute Gasteiger partial charge is 0.355 e. The topological polar surface area (TPSA) is 92.6 Å². The Labute approximate surface area is 158 Å². The molecule has 0 bridgehead atoms. The first-order valence-electron chi connectivity index (χ1n) is 9.08. The van der Waals surface area contributed by atoms with Crippen LogP contribution in [0.15, 0.2) is 22.8 Å². The summed E-state index contributed by atoms with van der Waals surface area (Å²) in [6, 6.07) is 2.51. The van der Waals surface area contributed by atoms with Crippen molar-refractivity contribution in [2.45, 2.75) is 47.1 Å². The van der Waals surface area contributed by atoms with E-state index in [1.807, 2.05) is 6.92 Å². The molecule has 0 aliphatic rings. The van der Waals surface area contributed by atoms with Gasteiger partial charge in [0.15, 0.2) is 11.5 Å². The summed E-state index contributed by atoms with van der Waals surface area (Å²) >= 11 is 0. The monoisotopic (exact) mass is 374 g/mol. The molecule has 0 fully saturated rings. The molecule has 0 aliphatic heterocycles. The zero-order chi connectivity index (χ0) is 20.1. The van der Waals surface area contributed by atoms with Gasteiger partial charge in [0, 0.05) is 17.8 Å². The number of carbonyl (C=O) groups is 3. The van der Waals surface area contributed by atoms with Crippen LogP contribution in [0.5, 0.6) is 0 Å². The summed E-state index contributed by atoms with van der Waals surface area (Å²) in [6.45, 7) is 9.44. The van der Waals surface area contributed by atoms with E-state index < -0.39 is 12.0 Å². The van der Waals surface area contributed by atoms with Crippen LogP contribution in [0.4, 0.5) is 0 Å². The average Bonchev–Trinajstić information content (AvgIpc) is 3.26. The highest BCUT2D eigenvalue weighted by Gasteiger charge is 2.32. The van der Waals surface area contributed by atoms with E-state index >= 15 is 0 Å². The minimum atomic E-state index is -0.703. The molecule has 146 valence electrons. The zero-order valence-corrected chi connectivity index (χ0v) is 16.4. The highest BCUT2D eigenvalue weighted by molar-refractivity contribution is 6.07. The van der Waals surface area contributed by atoms with Crippen molar-refractivity contribution in [3.8, 4) is 0 Å². The highest BCUT2D eigenvalue weighted by Crippen LogP contribution is 2.23. The number of nitrogens with zero attached hydrogens (tertiary/aromatic N) is 1. The number of hydrogen-bond acceptors (Lipinski definition) is 5. The Bertz CT molecular complexity index is 820. The number of rotatable bonds is 8. The van der Waals surface area contributed by atoms with Crippen LogP contribution in [0.25, 0.3) is 0 Å². The van der Waals surface area contributed by atoms with Gasteiger partial charge in [-0.25, -0.2) is 4.79 Å². The fraction of sp³-hybridized carbons (Fsp3) is 0.450. The number of amides is 1. The second kappa shape index (κ2) is 8.70. The number of aromatic nitrogens is 1. The summed E-state index contributed by atoms with van der Waals surface area (Å²) in [4.78, 5) is 42.4. The van der Waals surface area contributed by atoms with Crippen molar-refractivity contribution in [3.63, 3.8) is 0 Å². The van der Waals surface area contributed by atoms with Crippen LogP contribution in [0, 0.1) is 13.8 Å². The molecule has 2 aromatic rings. The van der Waals surface area contributed by atoms with Gasteiger partial charge in [-0.3, -0.25) is 9.59 Å². The van der Waals surface area contributed by atoms with Gasteiger partial charge in [-0.1, -0.05) is 6.92 Å². The maximum absolute atomic E-state index is 13.2. The lowest BCUT2D eigenvalue weighted by atomic mass is 9.99. The van der Waals surface area contributed by atoms with E-state index in [1.165, 1.54) is 11.2 Å². The molecule has 1 unspecified atom stereocenters. The predicted molar refractivity (Wildman–Crippen MR) is 100 cm³/mol. The summed E-state index contributed by atoms with van der Waals surface area (Å²) < 4.78 is 10.2. The van der Waals surface area contributed by atoms with Crippen LogP contribution in [0.2, 0.25) is 0 Å². The summed E-state index contributed by atoms with van der Waals surface area (Å²) in [5, 5.41) is 0. The summed E-state index contributed by atoms with van der Waals surface area (Å²) in [7, 11) is 0. The number of esters is 1. The number of Topliss-reactive ketones (excluding diaryl/α,β-unsaturated/α-hetero) is 1. The molecule has 0 saturated heterocycles. The lowest BCUT2D eigenvalue weighted by Gasteiger charge is -2.27. The Kier molecular flexibility index (Phi) is 6.60. The molecule has 1 atom stereocenters. The lowest BCUT2D eigenvalue weighted by molar-refractivity contribution is 0.0518. The molecule has 2 heterocycles. The molecule has 1 amide bonds. The third-order valence-corrected chi connectivity index (χ3v) is 4.47. The molecule has 7 heteroatoms. The summed E-state index contributed by atoms with van der Waals surface area (Å²) in [6.07, 6.45) is 2.12. The number of nitrogens with one attached hydrogen (secondary N) is 1. The van der Waals surface area contributed by atoms with Gasteiger partial charge in [0.05, 0.1) is 18.9 Å². The molecule has 27 heavy (non-hydrogen) atoms. The van der Waals surface area contributed by atoms with Crippen LogP contribution in [0.1, 0.15) is 69.9 Å². The van der Waals surface area contributed by atoms with E-state index in [0.717, 1.165) is 0 Å². The molecular formula is C20H26N2O5. The molecule has 0 aromatic carbocycles. The fourth-order valence-corrected chi connectivity index (χ4v) is 3.13. The molecule has 2 aromatic heterocycles. The van der Waals surface area contributed by atoms with E-state index in [-0.39, 0.29) is 29.8 Å². The van der Waals surface area contributed by atoms with Gasteiger partial charge in [0.1, 0.15) is 5.69 Å². The standard InChI is InChI=1S/C20H26N2O5/c1-6-10-22(19(24)15-9-8-11-27-15)14(5)18(23)16-12(3)17(21-13(16)4)20(25)26-7-2/h8-9,11,14,21H,6-7,10H2,1-5H3. The number of aromatic amines is 1. The van der Waals surface area contributed by atoms with Crippen molar-refractivity contribution >= 4 is 17.7 Å². The van der Waals surface area contributed by atoms with Gasteiger partial charge < -0.3 is 19.0 Å². The third-order valence-electron chi connectivity index (χ3n) is 4.47. The first kappa shape index (κ1) is 20.5. The first-order chi connectivity index (χ1) is 12.8. The van der Waals surface area contributed by atoms with Gasteiger partial charge in [-0.2, -0.15) is 0 Å². The van der Waals surface area contributed by atoms with Gasteiger partial charge in [-0.05, 0) is 51.8 Å². The van der Waals surface area contributed by atoms with Crippen molar-refractivity contribution in [2.75, 3.05) is 13.2 Å². The third kappa shape index (κ3) is 4.13. The quantitative estimate of drug-likeness (QED) is 0.564. The SMILES string of the molecule is CCCN(C(=O)c1ccco1)C(C)C(=O)c1c(C)[nH]c(C(=O)OCC)c1C. The molecule has 2 rings (SSSR count). The number of aryl methyl sites for hydroxylation is 1. The Morgan fingerprint density at radius 3 is 2.52 bits per heavy atom. The van der Waals surface area contributed by atoms with E-state index in [9.17, 15) is 14.4 Å². The van der Waals surface area contributed by atoms with Crippen molar-refractivity contribution in [1.82, 2.24) is 9.88 Å². The van der Waals surface area contributed by atoms with Crippen LogP contribution in [-0.4, -0.2) is 46.7 Å².